The zero-order chi connectivity index (χ0) is 12.5. The van der Waals surface area contributed by atoms with Crippen molar-refractivity contribution in [2.45, 2.75) is 6.61 Å². The molecule has 0 bridgehead atoms. The third kappa shape index (κ3) is 1.70. The minimum atomic E-state index is -0.239. The van der Waals surface area contributed by atoms with Gasteiger partial charge in [-0.3, -0.25) is 9.89 Å². The van der Waals surface area contributed by atoms with Crippen LogP contribution in [0.2, 0.25) is 0 Å². The maximum atomic E-state index is 11.8. The molecule has 2 aromatic heterocycles. The first-order valence-electron chi connectivity index (χ1n) is 5.56. The molecule has 2 N–H and O–H groups in total. The highest BCUT2D eigenvalue weighted by atomic mass is 16.3. The number of aliphatic hydroxyl groups is 1. The van der Waals surface area contributed by atoms with E-state index in [1.54, 1.807) is 6.07 Å². The molecule has 0 unspecified atom stereocenters. The van der Waals surface area contributed by atoms with Crippen molar-refractivity contribution in [3.05, 3.63) is 58.5 Å². The first-order chi connectivity index (χ1) is 8.78. The molecule has 0 spiro atoms. The van der Waals surface area contributed by atoms with Gasteiger partial charge in [0.2, 0.25) is 0 Å². The number of nitrogens with one attached hydrogen (secondary N) is 1. The quantitative estimate of drug-likeness (QED) is 0.707. The Morgan fingerprint density at radius 2 is 2.00 bits per heavy atom. The topological polar surface area (TPSA) is 70.4 Å². The Kier molecular flexibility index (Phi) is 2.46. The summed E-state index contributed by atoms with van der Waals surface area (Å²) in [7, 11) is 0. The SMILES string of the molecule is O=c1cc(CO)nc2cc(-c3ccccc3)[nH]n12. The fourth-order valence-corrected chi connectivity index (χ4v) is 1.89. The molecule has 2 heterocycles. The number of aliphatic hydroxyl groups excluding tert-OH is 1. The van der Waals surface area contributed by atoms with E-state index < -0.39 is 0 Å². The lowest BCUT2D eigenvalue weighted by molar-refractivity contribution is 0.277. The predicted molar refractivity (Wildman–Crippen MR) is 67.2 cm³/mol. The second-order valence-electron chi connectivity index (χ2n) is 3.97. The smallest absolute Gasteiger partial charge is 0.272 e. The van der Waals surface area contributed by atoms with Gasteiger partial charge in [-0.25, -0.2) is 9.50 Å². The average Bonchev–Trinajstić information content (AvgIpc) is 2.84. The van der Waals surface area contributed by atoms with E-state index >= 15 is 0 Å². The molecule has 0 saturated carbocycles. The second kappa shape index (κ2) is 4.12. The lowest BCUT2D eigenvalue weighted by Crippen LogP contribution is -2.15. The van der Waals surface area contributed by atoms with Crippen LogP contribution in [0.4, 0.5) is 0 Å². The van der Waals surface area contributed by atoms with Crippen LogP contribution in [0.15, 0.2) is 47.3 Å². The molecular weight excluding hydrogens is 230 g/mol. The molecule has 90 valence electrons. The number of benzene rings is 1. The van der Waals surface area contributed by atoms with Crippen LogP contribution >= 0.6 is 0 Å². The van der Waals surface area contributed by atoms with Crippen LogP contribution in [-0.2, 0) is 6.61 Å². The van der Waals surface area contributed by atoms with Gasteiger partial charge >= 0.3 is 0 Å². The summed E-state index contributed by atoms with van der Waals surface area (Å²) in [5, 5.41) is 12.0. The zero-order valence-corrected chi connectivity index (χ0v) is 9.50. The molecule has 0 fully saturated rings. The number of aromatic nitrogens is 3. The summed E-state index contributed by atoms with van der Waals surface area (Å²) in [5.74, 6) is 0. The van der Waals surface area contributed by atoms with Gasteiger partial charge in [-0.2, -0.15) is 0 Å². The molecule has 0 atom stereocenters. The van der Waals surface area contributed by atoms with Crippen LogP contribution in [-0.4, -0.2) is 19.7 Å². The van der Waals surface area contributed by atoms with E-state index in [0.717, 1.165) is 11.3 Å². The standard InChI is InChI=1S/C13H11N3O2/c17-8-10-6-13(18)16-12(14-10)7-11(15-16)9-4-2-1-3-5-9/h1-7,15,17H,8H2. The Balaban J connectivity index is 2.23. The normalized spacial score (nSPS) is 10.9. The summed E-state index contributed by atoms with van der Waals surface area (Å²) in [6, 6.07) is 12.8. The van der Waals surface area contributed by atoms with Crippen LogP contribution in [0.25, 0.3) is 16.9 Å². The Morgan fingerprint density at radius 3 is 2.72 bits per heavy atom. The molecule has 0 aliphatic heterocycles. The van der Waals surface area contributed by atoms with E-state index in [0.29, 0.717) is 11.3 Å². The number of H-pyrrole nitrogens is 1. The molecule has 5 heteroatoms. The van der Waals surface area contributed by atoms with Crippen molar-refractivity contribution in [1.82, 2.24) is 14.6 Å². The van der Waals surface area contributed by atoms with Gasteiger partial charge in [0.1, 0.15) is 0 Å². The highest BCUT2D eigenvalue weighted by molar-refractivity contribution is 5.63. The first-order valence-corrected chi connectivity index (χ1v) is 5.56. The van der Waals surface area contributed by atoms with Crippen molar-refractivity contribution < 1.29 is 5.11 Å². The van der Waals surface area contributed by atoms with Gasteiger partial charge in [-0.1, -0.05) is 30.3 Å². The summed E-state index contributed by atoms with van der Waals surface area (Å²) >= 11 is 0. The van der Waals surface area contributed by atoms with Crippen LogP contribution in [0.5, 0.6) is 0 Å². The minimum Gasteiger partial charge on any atom is -0.390 e. The van der Waals surface area contributed by atoms with Crippen molar-refractivity contribution in [1.29, 1.82) is 0 Å². The molecule has 0 aliphatic carbocycles. The third-order valence-electron chi connectivity index (χ3n) is 2.75. The Bertz CT molecular complexity index is 744. The molecule has 18 heavy (non-hydrogen) atoms. The Morgan fingerprint density at radius 1 is 1.22 bits per heavy atom. The van der Waals surface area contributed by atoms with Crippen molar-refractivity contribution in [2.24, 2.45) is 0 Å². The lowest BCUT2D eigenvalue weighted by atomic mass is 10.2. The summed E-state index contributed by atoms with van der Waals surface area (Å²) in [6.07, 6.45) is 0. The highest BCUT2D eigenvalue weighted by Crippen LogP contribution is 2.17. The fraction of sp³-hybridized carbons (Fsp3) is 0.0769. The van der Waals surface area contributed by atoms with Crippen LogP contribution in [0.1, 0.15) is 5.69 Å². The maximum Gasteiger partial charge on any atom is 0.272 e. The molecule has 3 rings (SSSR count). The molecule has 0 saturated heterocycles. The molecule has 5 nitrogen and oxygen atoms in total. The third-order valence-corrected chi connectivity index (χ3v) is 2.75. The number of rotatable bonds is 2. The van der Waals surface area contributed by atoms with E-state index in [4.69, 9.17) is 5.11 Å². The lowest BCUT2D eigenvalue weighted by Gasteiger charge is -1.96. The second-order valence-corrected chi connectivity index (χ2v) is 3.97. The van der Waals surface area contributed by atoms with Crippen LogP contribution in [0, 0.1) is 0 Å². The molecule has 1 aromatic carbocycles. The molecular formula is C13H11N3O2. The molecule has 0 amide bonds. The van der Waals surface area contributed by atoms with E-state index in [2.05, 4.69) is 10.1 Å². The van der Waals surface area contributed by atoms with Gasteiger partial charge in [0.15, 0.2) is 5.65 Å². The van der Waals surface area contributed by atoms with Gasteiger partial charge < -0.3 is 5.11 Å². The van der Waals surface area contributed by atoms with Crippen molar-refractivity contribution in [3.63, 3.8) is 0 Å². The van der Waals surface area contributed by atoms with E-state index in [1.807, 2.05) is 30.3 Å². The maximum absolute atomic E-state index is 11.8. The van der Waals surface area contributed by atoms with Crippen molar-refractivity contribution in [3.8, 4) is 11.3 Å². The van der Waals surface area contributed by atoms with Gasteiger partial charge in [-0.15, -0.1) is 0 Å². The summed E-state index contributed by atoms with van der Waals surface area (Å²) in [6.45, 7) is -0.239. The number of hydrogen-bond donors (Lipinski definition) is 2. The van der Waals surface area contributed by atoms with Gasteiger partial charge in [0.25, 0.3) is 5.56 Å². The number of fused-ring (bicyclic) bond motifs is 1. The van der Waals surface area contributed by atoms with E-state index in [-0.39, 0.29) is 12.2 Å². The monoisotopic (exact) mass is 241 g/mol. The number of nitrogens with zero attached hydrogens (tertiary/aromatic N) is 2. The minimum absolute atomic E-state index is 0.230. The Labute approximate surface area is 102 Å². The first kappa shape index (κ1) is 10.7. The average molecular weight is 241 g/mol. The number of hydrogen-bond acceptors (Lipinski definition) is 3. The van der Waals surface area contributed by atoms with Gasteiger partial charge in [-0.05, 0) is 5.56 Å². The molecule has 3 aromatic rings. The van der Waals surface area contributed by atoms with Crippen LogP contribution < -0.4 is 5.56 Å². The predicted octanol–water partition coefficient (Wildman–Crippen LogP) is 1.18. The van der Waals surface area contributed by atoms with Gasteiger partial charge in [0, 0.05) is 12.1 Å². The molecule has 0 radical (unpaired) electrons. The Hall–Kier alpha value is -2.40. The molecule has 0 aliphatic rings. The van der Waals surface area contributed by atoms with E-state index in [9.17, 15) is 4.79 Å². The largest absolute Gasteiger partial charge is 0.390 e. The summed E-state index contributed by atoms with van der Waals surface area (Å²) in [5.41, 5.74) is 2.44. The van der Waals surface area contributed by atoms with Crippen molar-refractivity contribution >= 4 is 5.65 Å². The van der Waals surface area contributed by atoms with E-state index in [1.165, 1.54) is 10.6 Å². The zero-order valence-electron chi connectivity index (χ0n) is 9.50. The van der Waals surface area contributed by atoms with Gasteiger partial charge in [0.05, 0.1) is 18.0 Å². The summed E-state index contributed by atoms with van der Waals surface area (Å²) < 4.78 is 1.36. The fourth-order valence-electron chi connectivity index (χ4n) is 1.89. The highest BCUT2D eigenvalue weighted by Gasteiger charge is 2.06. The van der Waals surface area contributed by atoms with Crippen LogP contribution in [0.3, 0.4) is 0 Å². The summed E-state index contributed by atoms with van der Waals surface area (Å²) in [4.78, 5) is 16.0. The van der Waals surface area contributed by atoms with Crippen molar-refractivity contribution in [2.75, 3.05) is 0 Å². The number of aromatic amines is 1.